The summed E-state index contributed by atoms with van der Waals surface area (Å²) in [6.07, 6.45) is 1.36. The molecule has 1 aromatic heterocycles. The summed E-state index contributed by atoms with van der Waals surface area (Å²) in [4.78, 5) is 35.1. The van der Waals surface area contributed by atoms with Gasteiger partial charge in [0, 0.05) is 34.8 Å². The molecule has 1 N–H and O–H groups in total. The Morgan fingerprint density at radius 2 is 1.83 bits per heavy atom. The van der Waals surface area contributed by atoms with Crippen molar-refractivity contribution in [2.24, 2.45) is 0 Å². The van der Waals surface area contributed by atoms with Crippen molar-refractivity contribution in [3.63, 3.8) is 0 Å². The molecule has 0 radical (unpaired) electrons. The van der Waals surface area contributed by atoms with Crippen LogP contribution >= 0.6 is 23.2 Å². The highest BCUT2D eigenvalue weighted by Crippen LogP contribution is 2.31. The molecule has 0 amide bonds. The number of carboxylic acids is 1. The van der Waals surface area contributed by atoms with Crippen LogP contribution in [-0.4, -0.2) is 20.6 Å². The fourth-order valence-corrected chi connectivity index (χ4v) is 3.39. The highest BCUT2D eigenvalue weighted by molar-refractivity contribution is 6.31. The molecule has 29 heavy (non-hydrogen) atoms. The molecule has 0 aliphatic carbocycles. The van der Waals surface area contributed by atoms with Gasteiger partial charge >= 0.3 is 5.97 Å². The Morgan fingerprint density at radius 3 is 2.45 bits per heavy atom. The largest absolute Gasteiger partial charge is 0.480 e. The Morgan fingerprint density at radius 1 is 1.10 bits per heavy atom. The maximum absolute atomic E-state index is 12.7. The number of carboxylic acid groups (broad SMARTS) is 1. The quantitative estimate of drug-likeness (QED) is 0.452. The molecular formula is C20H14Cl2N2O5. The average molecular weight is 433 g/mol. The normalized spacial score (nSPS) is 11.8. The first kappa shape index (κ1) is 20.6. The summed E-state index contributed by atoms with van der Waals surface area (Å²) in [5, 5.41) is 21.6. The van der Waals surface area contributed by atoms with Gasteiger partial charge < -0.3 is 9.67 Å². The summed E-state index contributed by atoms with van der Waals surface area (Å²) in [7, 11) is 0. The molecule has 0 spiro atoms. The van der Waals surface area contributed by atoms with Crippen LogP contribution in [0.4, 0.5) is 5.69 Å². The first-order valence-electron chi connectivity index (χ1n) is 8.40. The van der Waals surface area contributed by atoms with Crippen LogP contribution in [0.25, 0.3) is 11.1 Å². The summed E-state index contributed by atoms with van der Waals surface area (Å²) in [6.45, 7) is 0. The van der Waals surface area contributed by atoms with E-state index >= 15 is 0 Å². The maximum Gasteiger partial charge on any atom is 0.327 e. The highest BCUT2D eigenvalue weighted by atomic mass is 35.5. The van der Waals surface area contributed by atoms with E-state index in [4.69, 9.17) is 23.2 Å². The van der Waals surface area contributed by atoms with Crippen molar-refractivity contribution in [1.82, 2.24) is 4.57 Å². The molecule has 0 aliphatic heterocycles. The van der Waals surface area contributed by atoms with Gasteiger partial charge in [-0.1, -0.05) is 35.3 Å². The molecule has 0 fully saturated rings. The summed E-state index contributed by atoms with van der Waals surface area (Å²) < 4.78 is 1.07. The summed E-state index contributed by atoms with van der Waals surface area (Å²) >= 11 is 11.9. The molecule has 3 rings (SSSR count). The molecule has 0 saturated carbocycles. The zero-order valence-corrected chi connectivity index (χ0v) is 16.3. The number of aromatic nitrogens is 1. The number of benzene rings is 2. The lowest BCUT2D eigenvalue weighted by Crippen LogP contribution is -2.30. The van der Waals surface area contributed by atoms with Crippen molar-refractivity contribution in [3.05, 3.63) is 96.9 Å². The molecule has 148 valence electrons. The minimum atomic E-state index is -1.19. The van der Waals surface area contributed by atoms with Crippen molar-refractivity contribution in [2.75, 3.05) is 0 Å². The van der Waals surface area contributed by atoms with Crippen LogP contribution in [0.15, 0.2) is 65.6 Å². The Labute approximate surface area is 174 Å². The van der Waals surface area contributed by atoms with E-state index < -0.39 is 22.5 Å². The van der Waals surface area contributed by atoms with Gasteiger partial charge in [-0.2, -0.15) is 0 Å². The molecular weight excluding hydrogens is 419 g/mol. The number of carbonyl (C=O) groups is 1. The first-order chi connectivity index (χ1) is 13.8. The summed E-state index contributed by atoms with van der Waals surface area (Å²) in [6, 6.07) is 12.2. The Bertz CT molecular complexity index is 1160. The molecule has 1 unspecified atom stereocenters. The molecule has 1 heterocycles. The Kier molecular flexibility index (Phi) is 6.00. The lowest BCUT2D eigenvalue weighted by Gasteiger charge is -2.16. The third kappa shape index (κ3) is 4.64. The van der Waals surface area contributed by atoms with E-state index in [0.29, 0.717) is 10.6 Å². The van der Waals surface area contributed by atoms with Crippen LogP contribution in [0.2, 0.25) is 10.0 Å². The van der Waals surface area contributed by atoms with Gasteiger partial charge in [-0.15, -0.1) is 0 Å². The number of aliphatic carboxylic acids is 1. The van der Waals surface area contributed by atoms with Gasteiger partial charge in [0.15, 0.2) is 0 Å². The van der Waals surface area contributed by atoms with Gasteiger partial charge in [-0.3, -0.25) is 14.9 Å². The second kappa shape index (κ2) is 8.46. The second-order valence-corrected chi connectivity index (χ2v) is 7.14. The van der Waals surface area contributed by atoms with Crippen LogP contribution in [0.1, 0.15) is 11.6 Å². The van der Waals surface area contributed by atoms with E-state index in [2.05, 4.69) is 0 Å². The summed E-state index contributed by atoms with van der Waals surface area (Å²) in [5.74, 6) is -1.19. The smallest absolute Gasteiger partial charge is 0.327 e. The monoisotopic (exact) mass is 432 g/mol. The van der Waals surface area contributed by atoms with Gasteiger partial charge in [0.2, 0.25) is 0 Å². The molecule has 3 aromatic rings. The summed E-state index contributed by atoms with van der Waals surface area (Å²) in [5.41, 5.74) is 0.290. The van der Waals surface area contributed by atoms with E-state index in [1.165, 1.54) is 30.5 Å². The van der Waals surface area contributed by atoms with Crippen molar-refractivity contribution in [3.8, 4) is 11.1 Å². The molecule has 9 heteroatoms. The highest BCUT2D eigenvalue weighted by Gasteiger charge is 2.23. The van der Waals surface area contributed by atoms with Crippen LogP contribution in [0.3, 0.4) is 0 Å². The molecule has 2 aromatic carbocycles. The van der Waals surface area contributed by atoms with Gasteiger partial charge in [-0.05, 0) is 41.5 Å². The Hall–Kier alpha value is -3.16. The zero-order valence-electron chi connectivity index (χ0n) is 14.8. The second-order valence-electron chi connectivity index (χ2n) is 6.27. The molecule has 7 nitrogen and oxygen atoms in total. The van der Waals surface area contributed by atoms with E-state index in [0.717, 1.165) is 10.6 Å². The fraction of sp³-hybridized carbons (Fsp3) is 0.100. The number of nitro benzene ring substituents is 1. The lowest BCUT2D eigenvalue weighted by atomic mass is 10.0. The lowest BCUT2D eigenvalue weighted by molar-refractivity contribution is -0.384. The first-order valence-corrected chi connectivity index (χ1v) is 9.15. The predicted molar refractivity (Wildman–Crippen MR) is 110 cm³/mol. The number of hydrogen-bond donors (Lipinski definition) is 1. The number of nitrogens with zero attached hydrogens (tertiary/aromatic N) is 2. The molecule has 0 aliphatic rings. The van der Waals surface area contributed by atoms with Gasteiger partial charge in [0.25, 0.3) is 11.2 Å². The van der Waals surface area contributed by atoms with Gasteiger partial charge in [0.05, 0.1) is 10.5 Å². The van der Waals surface area contributed by atoms with Crippen LogP contribution in [-0.2, 0) is 11.2 Å². The van der Waals surface area contributed by atoms with Crippen molar-refractivity contribution < 1.29 is 14.8 Å². The maximum atomic E-state index is 12.7. The fourth-order valence-electron chi connectivity index (χ4n) is 3.01. The van der Waals surface area contributed by atoms with Gasteiger partial charge in [0.1, 0.15) is 6.04 Å². The topological polar surface area (TPSA) is 102 Å². The van der Waals surface area contributed by atoms with E-state index in [9.17, 15) is 24.8 Å². The van der Waals surface area contributed by atoms with Crippen molar-refractivity contribution in [1.29, 1.82) is 0 Å². The number of hydrogen-bond acceptors (Lipinski definition) is 4. The van der Waals surface area contributed by atoms with Gasteiger partial charge in [-0.25, -0.2) is 4.79 Å². The van der Waals surface area contributed by atoms with E-state index in [1.807, 2.05) is 0 Å². The van der Waals surface area contributed by atoms with Crippen molar-refractivity contribution in [2.45, 2.75) is 12.5 Å². The number of pyridine rings is 1. The third-order valence-electron chi connectivity index (χ3n) is 4.35. The third-order valence-corrected chi connectivity index (χ3v) is 4.82. The number of rotatable bonds is 6. The predicted octanol–water partition coefficient (Wildman–Crippen LogP) is 4.60. The van der Waals surface area contributed by atoms with E-state index in [1.54, 1.807) is 24.3 Å². The van der Waals surface area contributed by atoms with Crippen molar-refractivity contribution >= 4 is 34.9 Å². The molecule has 0 bridgehead atoms. The minimum Gasteiger partial charge on any atom is -0.480 e. The van der Waals surface area contributed by atoms with Crippen LogP contribution < -0.4 is 5.56 Å². The molecule has 1 atom stereocenters. The Balaban J connectivity index is 2.02. The number of halogens is 2. The number of nitro groups is 1. The van der Waals surface area contributed by atoms with E-state index in [-0.39, 0.29) is 28.3 Å². The SMILES string of the molecule is O=C(O)C(Cc1cccc(Cl)c1)n1ccc(-c2cc(Cl)ccc2[N+](=O)[O-])cc1=O. The van der Waals surface area contributed by atoms with Crippen LogP contribution in [0, 0.1) is 10.1 Å². The minimum absolute atomic E-state index is 0.0481. The molecule has 0 saturated heterocycles. The average Bonchev–Trinajstić information content (AvgIpc) is 2.66. The van der Waals surface area contributed by atoms with Crippen LogP contribution in [0.5, 0.6) is 0 Å². The standard InChI is InChI=1S/C20H14Cl2N2O5/c21-14-3-1-2-12(8-14)9-18(20(26)27)23-7-6-13(10-19(23)25)16-11-15(22)4-5-17(16)24(28)29/h1-8,10-11,18H,9H2,(H,26,27). The zero-order chi connectivity index (χ0) is 21.1.